The Kier molecular flexibility index (Phi) is 13.7. The van der Waals surface area contributed by atoms with Gasteiger partial charge >= 0.3 is 0 Å². The lowest BCUT2D eigenvalue weighted by molar-refractivity contribution is -0.183. The number of hydrogen-bond donors (Lipinski definition) is 5. The highest BCUT2D eigenvalue weighted by Crippen LogP contribution is 2.61. The van der Waals surface area contributed by atoms with E-state index in [0.717, 1.165) is 28.8 Å². The van der Waals surface area contributed by atoms with Gasteiger partial charge < -0.3 is 35.2 Å². The van der Waals surface area contributed by atoms with E-state index < -0.39 is 46.3 Å². The first-order valence-electron chi connectivity index (χ1n) is 19.6. The number of para-hydroxylation sites is 1. The van der Waals surface area contributed by atoms with Gasteiger partial charge in [0.2, 0.25) is 5.91 Å². The van der Waals surface area contributed by atoms with Gasteiger partial charge in [0.15, 0.2) is 0 Å². The van der Waals surface area contributed by atoms with Crippen molar-refractivity contribution in [3.63, 3.8) is 0 Å². The largest absolute Gasteiger partial charge is 0.493 e. The van der Waals surface area contributed by atoms with E-state index in [9.17, 15) is 28.5 Å². The number of hydroxylamine groups is 2. The number of anilines is 1. The van der Waals surface area contributed by atoms with Crippen LogP contribution in [0.25, 0.3) is 11.1 Å². The summed E-state index contributed by atoms with van der Waals surface area (Å²) in [6.07, 6.45) is 0.417. The lowest BCUT2D eigenvalue weighted by Crippen LogP contribution is -2.62. The van der Waals surface area contributed by atoms with E-state index in [2.05, 4.69) is 31.4 Å². The zero-order valence-electron chi connectivity index (χ0n) is 34.3. The molecule has 4 fully saturated rings. The van der Waals surface area contributed by atoms with Crippen molar-refractivity contribution in [3.8, 4) is 16.9 Å². The molecule has 0 radical (unpaired) electrons. The summed E-state index contributed by atoms with van der Waals surface area (Å²) in [7, 11) is 4.20. The summed E-state index contributed by atoms with van der Waals surface area (Å²) in [5.41, 5.74) is 3.89. The molecule has 5 N–H and O–H groups in total. The molecule has 2 aromatic rings. The molecule has 55 heavy (non-hydrogen) atoms. The minimum absolute atomic E-state index is 0.0174. The molecule has 0 spiro atoms. The summed E-state index contributed by atoms with van der Waals surface area (Å²) in [6, 6.07) is 10.1. The number of benzene rings is 2. The number of nitrogens with one attached hydrogen (secondary N) is 2. The first kappa shape index (κ1) is 43.3. The Morgan fingerprint density at radius 3 is 2.40 bits per heavy atom. The minimum atomic E-state index is -3.33. The van der Waals surface area contributed by atoms with Crippen molar-refractivity contribution in [2.45, 2.75) is 90.6 Å². The van der Waals surface area contributed by atoms with Crippen LogP contribution in [-0.2, 0) is 26.0 Å². The maximum Gasteiger partial charge on any atom is 0.240 e. The number of sulfone groups is 1. The van der Waals surface area contributed by atoms with Gasteiger partial charge in [0, 0.05) is 61.7 Å². The lowest BCUT2D eigenvalue weighted by Gasteiger charge is -2.62. The van der Waals surface area contributed by atoms with E-state index in [0.29, 0.717) is 42.2 Å². The molecular weight excluding hydrogens is 723 g/mol. The first-order chi connectivity index (χ1) is 25.7. The smallest absolute Gasteiger partial charge is 0.240 e. The van der Waals surface area contributed by atoms with Crippen LogP contribution in [-0.4, -0.2) is 130 Å². The van der Waals surface area contributed by atoms with Crippen LogP contribution >= 0.6 is 0 Å². The molecule has 1 saturated heterocycles. The van der Waals surface area contributed by atoms with Gasteiger partial charge in [0.25, 0.3) is 0 Å². The van der Waals surface area contributed by atoms with Gasteiger partial charge in [-0.3, -0.25) is 14.9 Å². The van der Waals surface area contributed by atoms with Crippen LogP contribution in [0.1, 0.15) is 64.8 Å². The van der Waals surface area contributed by atoms with E-state index in [-0.39, 0.29) is 36.3 Å². The van der Waals surface area contributed by atoms with Crippen molar-refractivity contribution >= 4 is 21.4 Å². The van der Waals surface area contributed by atoms with E-state index in [1.54, 1.807) is 12.0 Å². The van der Waals surface area contributed by atoms with E-state index in [4.69, 9.17) is 9.57 Å². The molecule has 1 amide bonds. The number of fused-ring (bicyclic) bond motifs is 2. The molecule has 2 bridgehead atoms. The van der Waals surface area contributed by atoms with Crippen LogP contribution in [0.4, 0.5) is 5.69 Å². The molecule has 308 valence electrons. The van der Waals surface area contributed by atoms with Crippen molar-refractivity contribution in [1.29, 1.82) is 0 Å². The Labute approximate surface area is 328 Å². The molecule has 2 aromatic carbocycles. The predicted molar refractivity (Wildman–Crippen MR) is 215 cm³/mol. The summed E-state index contributed by atoms with van der Waals surface area (Å²) >= 11 is 0. The molecule has 13 nitrogen and oxygen atoms in total. The maximum absolute atomic E-state index is 14.3. The van der Waals surface area contributed by atoms with Gasteiger partial charge in [-0.1, -0.05) is 39.0 Å². The third-order valence-corrected chi connectivity index (χ3v) is 13.3. The average molecular weight is 788 g/mol. The summed E-state index contributed by atoms with van der Waals surface area (Å²) in [6.45, 7) is 10.9. The quantitative estimate of drug-likeness (QED) is 0.149. The monoisotopic (exact) mass is 787 g/mol. The van der Waals surface area contributed by atoms with Crippen LogP contribution in [0.3, 0.4) is 0 Å². The number of ether oxygens (including phenoxy) is 1. The van der Waals surface area contributed by atoms with Crippen LogP contribution in [0, 0.1) is 29.1 Å². The predicted octanol–water partition coefficient (Wildman–Crippen LogP) is 3.03. The van der Waals surface area contributed by atoms with Crippen LogP contribution in [0.5, 0.6) is 5.75 Å². The van der Waals surface area contributed by atoms with Gasteiger partial charge in [-0.2, -0.15) is 5.06 Å². The molecule has 1 aliphatic heterocycles. The second kappa shape index (κ2) is 17.4. The van der Waals surface area contributed by atoms with Crippen molar-refractivity contribution in [1.82, 2.24) is 20.6 Å². The molecule has 3 saturated carbocycles. The van der Waals surface area contributed by atoms with Crippen molar-refractivity contribution in [3.05, 3.63) is 47.5 Å². The molecular formula is C41H65N5O8S. The Hall–Kier alpha value is -2.82. The fraction of sp³-hybridized carbons (Fsp3) is 0.683. The first-order valence-corrected chi connectivity index (χ1v) is 21.7. The Balaban J connectivity index is 1.47. The van der Waals surface area contributed by atoms with E-state index in [1.807, 2.05) is 81.3 Å². The van der Waals surface area contributed by atoms with Gasteiger partial charge in [-0.25, -0.2) is 8.42 Å². The van der Waals surface area contributed by atoms with Gasteiger partial charge in [-0.15, -0.1) is 0 Å². The molecule has 3 aliphatic carbocycles. The van der Waals surface area contributed by atoms with Crippen LogP contribution in [0.2, 0.25) is 0 Å². The van der Waals surface area contributed by atoms with Crippen LogP contribution < -0.4 is 20.3 Å². The molecule has 14 heteroatoms. The Morgan fingerprint density at radius 2 is 1.84 bits per heavy atom. The zero-order valence-corrected chi connectivity index (χ0v) is 35.1. The second-order valence-corrected chi connectivity index (χ2v) is 19.5. The maximum atomic E-state index is 14.3. The number of rotatable bonds is 17. The lowest BCUT2D eigenvalue weighted by atomic mass is 9.45. The average Bonchev–Trinajstić information content (AvgIpc) is 3.47. The SMILES string of the molecule is CCOc1c(CN2O[C@@H](CO)[C@@H]([C@H](C)O)[C@H]2C(=O)N[C@H]2C[C@H]3C[C@@H]([C@@H]2C)C3(C)C)cccc1-c1cc(C(O)N[C@H](CN(C)C)CS(C)(=O)=O)cc(N(C)C)c1. The fourth-order valence-electron chi connectivity index (χ4n) is 9.39. The zero-order chi connectivity index (χ0) is 40.6. The standard InChI is InChI=1S/C41H65N5O8S/c1-11-53-38-26(20-46-37(36(25(3)48)35(22-47)54-46)40(50)43-34-19-29-18-33(24(34)2)41(29,4)5)13-12-14-32(38)27-15-28(17-31(16-27)45(8)9)39(49)42-30(21-44(6)7)23-55(10,51)52/h12-17,24-25,29-30,33-37,39,42,47-49H,11,18-23H2,1-10H3,(H,43,50)/t24-,25-,29+,30+,33-,34-,35-,36+,37-,39?/m0/s1. The van der Waals surface area contributed by atoms with Gasteiger partial charge in [0.05, 0.1) is 31.6 Å². The number of nitrogens with zero attached hydrogens (tertiary/aromatic N) is 3. The number of amides is 1. The highest BCUT2D eigenvalue weighted by Gasteiger charge is 2.57. The van der Waals surface area contributed by atoms with Gasteiger partial charge in [0.1, 0.15) is 34.0 Å². The summed E-state index contributed by atoms with van der Waals surface area (Å²) < 4.78 is 30.8. The number of carbonyl (C=O) groups is 1. The molecule has 6 rings (SSSR count). The van der Waals surface area contributed by atoms with Crippen LogP contribution in [0.15, 0.2) is 36.4 Å². The van der Waals surface area contributed by atoms with E-state index in [1.165, 1.54) is 12.7 Å². The number of aliphatic hydroxyl groups is 3. The normalized spacial score (nSPS) is 28.0. The summed E-state index contributed by atoms with van der Waals surface area (Å²) in [5, 5.41) is 40.9. The summed E-state index contributed by atoms with van der Waals surface area (Å²) in [5.74, 6) is 0.957. The second-order valence-electron chi connectivity index (χ2n) is 17.3. The van der Waals surface area contributed by atoms with E-state index >= 15 is 0 Å². The molecule has 4 aliphatic rings. The van der Waals surface area contributed by atoms with Crippen molar-refractivity contribution in [2.75, 3.05) is 64.9 Å². The Morgan fingerprint density at radius 1 is 1.13 bits per heavy atom. The third kappa shape index (κ3) is 9.66. The topological polar surface area (TPSA) is 164 Å². The Bertz CT molecular complexity index is 1750. The van der Waals surface area contributed by atoms with Crippen molar-refractivity contribution in [2.24, 2.45) is 29.1 Å². The number of likely N-dealkylation sites (N-methyl/N-ethyl adjacent to an activating group) is 1. The molecule has 10 atom stereocenters. The molecule has 1 unspecified atom stereocenters. The minimum Gasteiger partial charge on any atom is -0.493 e. The summed E-state index contributed by atoms with van der Waals surface area (Å²) in [4.78, 5) is 24.4. The number of carbonyl (C=O) groups excluding carboxylic acids is 1. The molecule has 0 aromatic heterocycles. The molecule has 1 heterocycles. The fourth-order valence-corrected chi connectivity index (χ4v) is 10.3. The highest BCUT2D eigenvalue weighted by molar-refractivity contribution is 7.90. The third-order valence-electron chi connectivity index (χ3n) is 12.3. The highest BCUT2D eigenvalue weighted by atomic mass is 32.2. The van der Waals surface area contributed by atoms with Crippen molar-refractivity contribution < 1.29 is 38.1 Å². The number of hydrogen-bond acceptors (Lipinski definition) is 12. The van der Waals surface area contributed by atoms with Gasteiger partial charge in [-0.05, 0) is 93.3 Å². The number of aliphatic hydroxyl groups excluding tert-OH is 3.